The molecule has 0 unspecified atom stereocenters. The second-order valence-electron chi connectivity index (χ2n) is 4.21. The third-order valence-electron chi connectivity index (χ3n) is 1.80. The first-order chi connectivity index (χ1) is 6.40. The smallest absolute Gasteiger partial charge is 0.0466 e. The van der Waals surface area contributed by atoms with Crippen molar-refractivity contribution >= 4 is 29.1 Å². The number of anilines is 1. The summed E-state index contributed by atoms with van der Waals surface area (Å²) in [4.78, 5) is 0. The molecule has 1 aromatic rings. The summed E-state index contributed by atoms with van der Waals surface area (Å²) in [6, 6.07) is 5.66. The Bertz CT molecular complexity index is 297. The molecular formula is C11H16ClNS. The van der Waals surface area contributed by atoms with E-state index < -0.39 is 0 Å². The molecular weight excluding hydrogens is 214 g/mol. The van der Waals surface area contributed by atoms with Crippen LogP contribution in [0, 0.1) is 0 Å². The Balaban J connectivity index is 2.77. The third-order valence-corrected chi connectivity index (χ3v) is 3.46. The molecule has 1 aromatic carbocycles. The molecule has 0 bridgehead atoms. The van der Waals surface area contributed by atoms with E-state index in [9.17, 15) is 0 Å². The zero-order valence-corrected chi connectivity index (χ0v) is 10.4. The Labute approximate surface area is 95.0 Å². The number of nitrogens with two attached hydrogens (primary N) is 1. The summed E-state index contributed by atoms with van der Waals surface area (Å²) in [5.74, 6) is 0.870. The fourth-order valence-corrected chi connectivity index (χ4v) is 2.24. The van der Waals surface area contributed by atoms with Crippen LogP contribution in [0.15, 0.2) is 18.2 Å². The summed E-state index contributed by atoms with van der Waals surface area (Å²) in [5, 5.41) is 0.766. The van der Waals surface area contributed by atoms with Crippen molar-refractivity contribution in [2.45, 2.75) is 31.3 Å². The summed E-state index contributed by atoms with van der Waals surface area (Å²) < 4.78 is 0.242. The van der Waals surface area contributed by atoms with E-state index in [1.54, 1.807) is 0 Å². The molecule has 1 rings (SSSR count). The van der Waals surface area contributed by atoms with Crippen LogP contribution in [0.1, 0.15) is 26.3 Å². The van der Waals surface area contributed by atoms with Crippen LogP contribution >= 0.6 is 23.4 Å². The van der Waals surface area contributed by atoms with Gasteiger partial charge in [-0.3, -0.25) is 0 Å². The van der Waals surface area contributed by atoms with E-state index in [4.69, 9.17) is 17.3 Å². The minimum absolute atomic E-state index is 0.242. The van der Waals surface area contributed by atoms with Gasteiger partial charge < -0.3 is 5.73 Å². The Kier molecular flexibility index (Phi) is 3.73. The number of thioether (sulfide) groups is 1. The molecule has 0 saturated heterocycles. The minimum atomic E-state index is 0.242. The highest BCUT2D eigenvalue weighted by atomic mass is 35.5. The van der Waals surface area contributed by atoms with Crippen molar-refractivity contribution < 1.29 is 0 Å². The van der Waals surface area contributed by atoms with E-state index in [1.165, 1.54) is 0 Å². The van der Waals surface area contributed by atoms with E-state index >= 15 is 0 Å². The molecule has 2 N–H and O–H groups in total. The van der Waals surface area contributed by atoms with Gasteiger partial charge in [-0.05, 0) is 12.1 Å². The van der Waals surface area contributed by atoms with Gasteiger partial charge in [0.05, 0.1) is 0 Å². The Hall–Kier alpha value is -0.340. The number of halogens is 1. The zero-order valence-electron chi connectivity index (χ0n) is 8.80. The molecule has 0 aliphatic rings. The van der Waals surface area contributed by atoms with Gasteiger partial charge in [-0.2, -0.15) is 11.8 Å². The molecule has 0 aliphatic carbocycles. The predicted molar refractivity (Wildman–Crippen MR) is 66.9 cm³/mol. The fraction of sp³-hybridized carbons (Fsp3) is 0.455. The monoisotopic (exact) mass is 229 g/mol. The van der Waals surface area contributed by atoms with E-state index in [1.807, 2.05) is 30.0 Å². The lowest BCUT2D eigenvalue weighted by Gasteiger charge is -2.18. The first kappa shape index (κ1) is 11.7. The average Bonchev–Trinajstić information content (AvgIpc) is 2.01. The van der Waals surface area contributed by atoms with E-state index in [0.29, 0.717) is 0 Å². The normalized spacial score (nSPS) is 11.7. The summed E-state index contributed by atoms with van der Waals surface area (Å²) in [6.07, 6.45) is 0. The van der Waals surface area contributed by atoms with Crippen molar-refractivity contribution in [2.24, 2.45) is 0 Å². The molecule has 0 fully saturated rings. The molecule has 0 spiro atoms. The zero-order chi connectivity index (χ0) is 10.8. The maximum Gasteiger partial charge on any atom is 0.0466 e. The number of hydrogen-bond donors (Lipinski definition) is 1. The number of rotatable bonds is 2. The molecule has 0 saturated carbocycles. The van der Waals surface area contributed by atoms with Crippen molar-refractivity contribution in [3.63, 3.8) is 0 Å². The first-order valence-electron chi connectivity index (χ1n) is 4.57. The van der Waals surface area contributed by atoms with Gasteiger partial charge in [-0.1, -0.05) is 38.4 Å². The molecule has 1 nitrogen and oxygen atoms in total. The lowest BCUT2D eigenvalue weighted by molar-refractivity contribution is 0.802. The van der Waals surface area contributed by atoms with Crippen LogP contribution < -0.4 is 5.73 Å². The topological polar surface area (TPSA) is 26.0 Å². The van der Waals surface area contributed by atoms with Crippen LogP contribution in [-0.4, -0.2) is 4.75 Å². The summed E-state index contributed by atoms with van der Waals surface area (Å²) in [5.41, 5.74) is 7.69. The van der Waals surface area contributed by atoms with Crippen molar-refractivity contribution in [1.29, 1.82) is 0 Å². The Morgan fingerprint density at radius 2 is 2.00 bits per heavy atom. The van der Waals surface area contributed by atoms with Crippen LogP contribution in [0.3, 0.4) is 0 Å². The van der Waals surface area contributed by atoms with Gasteiger partial charge in [0.15, 0.2) is 0 Å². The lowest BCUT2D eigenvalue weighted by atomic mass is 10.2. The van der Waals surface area contributed by atoms with Crippen molar-refractivity contribution in [3.05, 3.63) is 28.8 Å². The third kappa shape index (κ3) is 3.43. The molecule has 0 radical (unpaired) electrons. The van der Waals surface area contributed by atoms with Gasteiger partial charge in [0.2, 0.25) is 0 Å². The van der Waals surface area contributed by atoms with Gasteiger partial charge >= 0.3 is 0 Å². The van der Waals surface area contributed by atoms with Crippen LogP contribution in [0.4, 0.5) is 5.69 Å². The average molecular weight is 230 g/mol. The maximum absolute atomic E-state index is 6.07. The molecule has 0 heterocycles. The van der Waals surface area contributed by atoms with Gasteiger partial charge in [0.1, 0.15) is 0 Å². The first-order valence-corrected chi connectivity index (χ1v) is 5.93. The van der Waals surface area contributed by atoms with Crippen molar-refractivity contribution in [1.82, 2.24) is 0 Å². The highest BCUT2D eigenvalue weighted by molar-refractivity contribution is 7.99. The van der Waals surface area contributed by atoms with Crippen LogP contribution in [-0.2, 0) is 5.75 Å². The van der Waals surface area contributed by atoms with Gasteiger partial charge in [-0.15, -0.1) is 0 Å². The molecule has 14 heavy (non-hydrogen) atoms. The Morgan fingerprint density at radius 3 is 2.50 bits per heavy atom. The second-order valence-corrected chi connectivity index (χ2v) is 6.42. The van der Waals surface area contributed by atoms with Gasteiger partial charge in [-0.25, -0.2) is 0 Å². The highest BCUT2D eigenvalue weighted by Crippen LogP contribution is 2.32. The Morgan fingerprint density at radius 1 is 1.36 bits per heavy atom. The molecule has 0 amide bonds. The quantitative estimate of drug-likeness (QED) is 0.778. The molecule has 78 valence electrons. The molecule has 0 atom stereocenters. The van der Waals surface area contributed by atoms with E-state index in [0.717, 1.165) is 22.0 Å². The SMILES string of the molecule is CC(C)(C)SCc1c(N)cccc1Cl. The maximum atomic E-state index is 6.07. The fourth-order valence-electron chi connectivity index (χ4n) is 1.02. The van der Waals surface area contributed by atoms with E-state index in [-0.39, 0.29) is 4.75 Å². The van der Waals surface area contributed by atoms with Gasteiger partial charge in [0.25, 0.3) is 0 Å². The molecule has 3 heteroatoms. The summed E-state index contributed by atoms with van der Waals surface area (Å²) in [6.45, 7) is 6.56. The number of hydrogen-bond acceptors (Lipinski definition) is 2. The van der Waals surface area contributed by atoms with Crippen LogP contribution in [0.5, 0.6) is 0 Å². The van der Waals surface area contributed by atoms with E-state index in [2.05, 4.69) is 20.8 Å². The predicted octanol–water partition coefficient (Wildman–Crippen LogP) is 3.95. The standard InChI is InChI=1S/C11H16ClNS/c1-11(2,3)14-7-8-9(12)5-4-6-10(8)13/h4-6H,7,13H2,1-3H3. The van der Waals surface area contributed by atoms with Crippen molar-refractivity contribution in [3.8, 4) is 0 Å². The van der Waals surface area contributed by atoms with Crippen molar-refractivity contribution in [2.75, 3.05) is 5.73 Å². The van der Waals surface area contributed by atoms with Crippen LogP contribution in [0.2, 0.25) is 5.02 Å². The highest BCUT2D eigenvalue weighted by Gasteiger charge is 2.13. The molecule has 0 aliphatic heterocycles. The number of benzene rings is 1. The molecule has 0 aromatic heterocycles. The van der Waals surface area contributed by atoms with Crippen LogP contribution in [0.25, 0.3) is 0 Å². The summed E-state index contributed by atoms with van der Waals surface area (Å²) in [7, 11) is 0. The lowest BCUT2D eigenvalue weighted by Crippen LogP contribution is -2.08. The second kappa shape index (κ2) is 4.45. The summed E-state index contributed by atoms with van der Waals surface area (Å²) >= 11 is 7.92. The number of nitrogen functional groups attached to an aromatic ring is 1. The van der Waals surface area contributed by atoms with Gasteiger partial charge in [0, 0.05) is 26.8 Å². The minimum Gasteiger partial charge on any atom is -0.398 e. The largest absolute Gasteiger partial charge is 0.398 e.